The first kappa shape index (κ1) is 16.3. The summed E-state index contributed by atoms with van der Waals surface area (Å²) in [7, 11) is 1.57. The molecule has 0 radical (unpaired) electrons. The molecular formula is C16H17N3O4. The van der Waals surface area contributed by atoms with Crippen LogP contribution in [0.4, 0.5) is 5.69 Å². The Hall–Kier alpha value is -3.09. The van der Waals surface area contributed by atoms with Gasteiger partial charge in [0, 0.05) is 11.4 Å². The fourth-order valence-electron chi connectivity index (χ4n) is 1.76. The van der Waals surface area contributed by atoms with Crippen molar-refractivity contribution in [2.24, 2.45) is 5.10 Å². The lowest BCUT2D eigenvalue weighted by molar-refractivity contribution is -0.115. The van der Waals surface area contributed by atoms with Gasteiger partial charge in [0.05, 0.1) is 19.8 Å². The number of ether oxygens (including phenoxy) is 1. The van der Waals surface area contributed by atoms with E-state index in [0.29, 0.717) is 17.1 Å². The van der Waals surface area contributed by atoms with Crippen LogP contribution in [-0.4, -0.2) is 24.6 Å². The fourth-order valence-corrected chi connectivity index (χ4v) is 1.76. The van der Waals surface area contributed by atoms with Gasteiger partial charge in [0.2, 0.25) is 5.91 Å². The average molecular weight is 315 g/mol. The Kier molecular flexibility index (Phi) is 5.51. The van der Waals surface area contributed by atoms with Gasteiger partial charge in [-0.3, -0.25) is 9.59 Å². The molecule has 120 valence electrons. The molecule has 1 aromatic heterocycles. The standard InChI is InChI=1S/C16H17N3O4/c1-11(18-19-16(21)14-4-3-9-23-14)10-15(20)17-12-5-7-13(22-2)8-6-12/h3-9H,10H2,1-2H3,(H,17,20)(H,19,21). The third-order valence-corrected chi connectivity index (χ3v) is 2.88. The summed E-state index contributed by atoms with van der Waals surface area (Å²) in [5.74, 6) is 0.166. The van der Waals surface area contributed by atoms with Gasteiger partial charge in [0.25, 0.3) is 0 Å². The number of nitrogens with one attached hydrogen (secondary N) is 2. The Morgan fingerprint density at radius 2 is 1.96 bits per heavy atom. The van der Waals surface area contributed by atoms with Crippen molar-refractivity contribution in [3.05, 3.63) is 48.4 Å². The van der Waals surface area contributed by atoms with Crippen LogP contribution < -0.4 is 15.5 Å². The molecule has 2 aromatic rings. The van der Waals surface area contributed by atoms with E-state index in [0.717, 1.165) is 0 Å². The van der Waals surface area contributed by atoms with Crippen molar-refractivity contribution >= 4 is 23.2 Å². The zero-order valence-electron chi connectivity index (χ0n) is 12.8. The summed E-state index contributed by atoms with van der Waals surface area (Å²) in [6, 6.07) is 10.1. The minimum Gasteiger partial charge on any atom is -0.497 e. The molecule has 0 saturated carbocycles. The number of hydrazone groups is 1. The van der Waals surface area contributed by atoms with Gasteiger partial charge in [0.15, 0.2) is 5.76 Å². The molecule has 0 saturated heterocycles. The number of anilines is 1. The van der Waals surface area contributed by atoms with Gasteiger partial charge in [0.1, 0.15) is 5.75 Å². The highest BCUT2D eigenvalue weighted by Gasteiger charge is 2.08. The minimum atomic E-state index is -0.468. The monoisotopic (exact) mass is 315 g/mol. The maximum atomic E-state index is 11.9. The minimum absolute atomic E-state index is 0.0600. The number of furan rings is 1. The molecule has 2 rings (SSSR count). The number of rotatable bonds is 6. The topological polar surface area (TPSA) is 92.9 Å². The predicted octanol–water partition coefficient (Wildman–Crippen LogP) is 2.42. The third kappa shape index (κ3) is 4.99. The van der Waals surface area contributed by atoms with E-state index in [1.165, 1.54) is 12.3 Å². The number of hydrogen-bond acceptors (Lipinski definition) is 5. The second-order valence-corrected chi connectivity index (χ2v) is 4.72. The highest BCUT2D eigenvalue weighted by Crippen LogP contribution is 2.15. The fraction of sp³-hybridized carbons (Fsp3) is 0.188. The van der Waals surface area contributed by atoms with Gasteiger partial charge < -0.3 is 14.5 Å². The van der Waals surface area contributed by atoms with E-state index in [-0.39, 0.29) is 18.1 Å². The SMILES string of the molecule is COc1ccc(NC(=O)CC(C)=NNC(=O)c2ccco2)cc1. The Bertz CT molecular complexity index is 691. The van der Waals surface area contributed by atoms with Crippen molar-refractivity contribution in [3.8, 4) is 5.75 Å². The van der Waals surface area contributed by atoms with Gasteiger partial charge >= 0.3 is 5.91 Å². The van der Waals surface area contributed by atoms with Crippen LogP contribution in [0.5, 0.6) is 5.75 Å². The smallest absolute Gasteiger partial charge is 0.307 e. The van der Waals surface area contributed by atoms with E-state index in [2.05, 4.69) is 15.8 Å². The largest absolute Gasteiger partial charge is 0.497 e. The van der Waals surface area contributed by atoms with Crippen molar-refractivity contribution in [2.45, 2.75) is 13.3 Å². The molecule has 7 heteroatoms. The van der Waals surface area contributed by atoms with Crippen LogP contribution >= 0.6 is 0 Å². The molecule has 2 amide bonds. The lowest BCUT2D eigenvalue weighted by atomic mass is 10.2. The summed E-state index contributed by atoms with van der Waals surface area (Å²) >= 11 is 0. The molecule has 1 heterocycles. The lowest BCUT2D eigenvalue weighted by Crippen LogP contribution is -2.21. The van der Waals surface area contributed by atoms with Crippen LogP contribution in [0.2, 0.25) is 0 Å². The number of amides is 2. The van der Waals surface area contributed by atoms with Crippen LogP contribution in [0.15, 0.2) is 52.2 Å². The predicted molar refractivity (Wildman–Crippen MR) is 85.5 cm³/mol. The van der Waals surface area contributed by atoms with Crippen LogP contribution in [0, 0.1) is 0 Å². The Balaban J connectivity index is 1.83. The summed E-state index contributed by atoms with van der Waals surface area (Å²) in [5, 5.41) is 6.60. The average Bonchev–Trinajstić information content (AvgIpc) is 3.07. The first-order valence-electron chi connectivity index (χ1n) is 6.89. The van der Waals surface area contributed by atoms with E-state index in [4.69, 9.17) is 9.15 Å². The van der Waals surface area contributed by atoms with Gasteiger partial charge in [-0.1, -0.05) is 0 Å². The molecular weight excluding hydrogens is 298 g/mol. The van der Waals surface area contributed by atoms with E-state index >= 15 is 0 Å². The Morgan fingerprint density at radius 1 is 1.22 bits per heavy atom. The zero-order valence-corrected chi connectivity index (χ0v) is 12.8. The molecule has 0 aliphatic rings. The Labute approximate surface area is 133 Å². The summed E-state index contributed by atoms with van der Waals surface area (Å²) in [6.07, 6.45) is 1.46. The van der Waals surface area contributed by atoms with Crippen molar-refractivity contribution in [1.29, 1.82) is 0 Å². The van der Waals surface area contributed by atoms with E-state index in [1.54, 1.807) is 44.4 Å². The lowest BCUT2D eigenvalue weighted by Gasteiger charge is -2.06. The molecule has 0 bridgehead atoms. The van der Waals surface area contributed by atoms with Gasteiger partial charge in [-0.25, -0.2) is 5.43 Å². The highest BCUT2D eigenvalue weighted by molar-refractivity contribution is 6.06. The van der Waals surface area contributed by atoms with Crippen LogP contribution in [0.3, 0.4) is 0 Å². The summed E-state index contributed by atoms with van der Waals surface area (Å²) in [6.45, 7) is 1.65. The van der Waals surface area contributed by atoms with Crippen molar-refractivity contribution in [2.75, 3.05) is 12.4 Å². The van der Waals surface area contributed by atoms with Crippen molar-refractivity contribution < 1.29 is 18.7 Å². The molecule has 2 N–H and O–H groups in total. The van der Waals surface area contributed by atoms with E-state index in [1.807, 2.05) is 0 Å². The van der Waals surface area contributed by atoms with Crippen LogP contribution in [0.25, 0.3) is 0 Å². The zero-order chi connectivity index (χ0) is 16.7. The quantitative estimate of drug-likeness (QED) is 0.632. The maximum Gasteiger partial charge on any atom is 0.307 e. The van der Waals surface area contributed by atoms with Gasteiger partial charge in [-0.2, -0.15) is 5.10 Å². The normalized spacial score (nSPS) is 11.0. The van der Waals surface area contributed by atoms with Crippen molar-refractivity contribution in [1.82, 2.24) is 5.43 Å². The third-order valence-electron chi connectivity index (χ3n) is 2.88. The Morgan fingerprint density at radius 3 is 2.57 bits per heavy atom. The maximum absolute atomic E-state index is 11.9. The highest BCUT2D eigenvalue weighted by atomic mass is 16.5. The first-order chi connectivity index (χ1) is 11.1. The number of benzene rings is 1. The first-order valence-corrected chi connectivity index (χ1v) is 6.89. The van der Waals surface area contributed by atoms with Crippen LogP contribution in [-0.2, 0) is 4.79 Å². The summed E-state index contributed by atoms with van der Waals surface area (Å²) < 4.78 is 9.98. The summed E-state index contributed by atoms with van der Waals surface area (Å²) in [4.78, 5) is 23.5. The van der Waals surface area contributed by atoms with E-state index in [9.17, 15) is 9.59 Å². The number of hydrogen-bond donors (Lipinski definition) is 2. The molecule has 0 aliphatic carbocycles. The molecule has 0 spiro atoms. The number of nitrogens with zero attached hydrogens (tertiary/aromatic N) is 1. The van der Waals surface area contributed by atoms with Crippen molar-refractivity contribution in [3.63, 3.8) is 0 Å². The van der Waals surface area contributed by atoms with Crippen LogP contribution in [0.1, 0.15) is 23.9 Å². The number of carbonyl (C=O) groups is 2. The van der Waals surface area contributed by atoms with E-state index < -0.39 is 5.91 Å². The molecule has 0 fully saturated rings. The summed E-state index contributed by atoms with van der Waals surface area (Å²) in [5.41, 5.74) is 3.45. The van der Waals surface area contributed by atoms with Gasteiger partial charge in [-0.05, 0) is 43.3 Å². The molecule has 0 aliphatic heterocycles. The number of methoxy groups -OCH3 is 1. The molecule has 7 nitrogen and oxygen atoms in total. The molecule has 23 heavy (non-hydrogen) atoms. The molecule has 0 unspecified atom stereocenters. The molecule has 1 aromatic carbocycles. The number of carbonyl (C=O) groups excluding carboxylic acids is 2. The second kappa shape index (κ2) is 7.79. The van der Waals surface area contributed by atoms with Gasteiger partial charge in [-0.15, -0.1) is 0 Å². The molecule has 0 atom stereocenters. The second-order valence-electron chi connectivity index (χ2n) is 4.72.